The van der Waals surface area contributed by atoms with Crippen LogP contribution in [0.3, 0.4) is 0 Å². The summed E-state index contributed by atoms with van der Waals surface area (Å²) in [6.45, 7) is -0.205. The van der Waals surface area contributed by atoms with Gasteiger partial charge in [0.2, 0.25) is 0 Å². The van der Waals surface area contributed by atoms with E-state index in [1.807, 2.05) is 0 Å². The van der Waals surface area contributed by atoms with Gasteiger partial charge < -0.3 is 26.1 Å². The number of carbonyl (C=O) groups excluding carboxylic acids is 3. The van der Waals surface area contributed by atoms with Crippen molar-refractivity contribution < 1.29 is 33.4 Å². The molecular weight excluding hydrogens is 348 g/mol. The Morgan fingerprint density at radius 1 is 1.27 bits per heavy atom. The summed E-state index contributed by atoms with van der Waals surface area (Å²) in [5.74, 6) is -2.48. The third-order valence-corrected chi connectivity index (χ3v) is 3.17. The maximum atomic E-state index is 12.2. The van der Waals surface area contributed by atoms with Crippen molar-refractivity contribution in [1.29, 1.82) is 0 Å². The lowest BCUT2D eigenvalue weighted by atomic mass is 10.2. The van der Waals surface area contributed by atoms with Gasteiger partial charge in [-0.1, -0.05) is 12.1 Å². The Morgan fingerprint density at radius 3 is 2.69 bits per heavy atom. The first-order valence-electron chi connectivity index (χ1n) is 7.49. The number of amides is 1. The molecule has 0 atom stereocenters. The number of nitrogens with zero attached hydrogens (tertiary/aromatic N) is 2. The first-order chi connectivity index (χ1) is 12.4. The Labute approximate surface area is 147 Å². The molecule has 138 valence electrons. The van der Waals surface area contributed by atoms with Crippen molar-refractivity contribution >= 4 is 17.8 Å². The van der Waals surface area contributed by atoms with Crippen LogP contribution in [0.25, 0.3) is 0 Å². The van der Waals surface area contributed by atoms with E-state index in [9.17, 15) is 19.6 Å². The Hall–Kier alpha value is -3.47. The molecule has 11 nitrogen and oxygen atoms in total. The molecule has 0 aliphatic rings. The number of para-hydroxylation sites is 1. The summed E-state index contributed by atoms with van der Waals surface area (Å²) in [5, 5.41) is 14.5. The number of ether oxygens (including phenoxy) is 2. The van der Waals surface area contributed by atoms with Crippen LogP contribution < -0.4 is 21.1 Å². The lowest BCUT2D eigenvalue weighted by Crippen LogP contribution is -2.35. The molecule has 1 heterocycles. The molecule has 0 bridgehead atoms. The molecular formula is C15H16N4O7. The highest BCUT2D eigenvalue weighted by Crippen LogP contribution is 2.20. The highest BCUT2D eigenvalue weighted by molar-refractivity contribution is 5.94. The van der Waals surface area contributed by atoms with Crippen LogP contribution in [0.5, 0.6) is 5.75 Å². The van der Waals surface area contributed by atoms with E-state index in [1.54, 1.807) is 12.1 Å². The zero-order valence-electron chi connectivity index (χ0n) is 13.5. The fraction of sp³-hybridized carbons (Fsp3) is 0.267. The van der Waals surface area contributed by atoms with E-state index < -0.39 is 30.1 Å². The van der Waals surface area contributed by atoms with Crippen molar-refractivity contribution in [3.8, 4) is 5.75 Å². The number of benzene rings is 1. The van der Waals surface area contributed by atoms with E-state index in [-0.39, 0.29) is 28.3 Å². The zero-order chi connectivity index (χ0) is 19.1. The predicted octanol–water partition coefficient (Wildman–Crippen LogP) is -0.592. The van der Waals surface area contributed by atoms with Gasteiger partial charge in [-0.25, -0.2) is 4.79 Å². The smallest absolute Gasteiger partial charge is 0.342 e. The quantitative estimate of drug-likeness (QED) is 0.352. The molecule has 0 saturated heterocycles. The number of rotatable bonds is 8. The van der Waals surface area contributed by atoms with E-state index in [4.69, 9.17) is 20.9 Å². The summed E-state index contributed by atoms with van der Waals surface area (Å²) >= 11 is 0. The molecule has 1 amide bonds. The summed E-state index contributed by atoms with van der Waals surface area (Å²) in [7, 11) is 0. The van der Waals surface area contributed by atoms with Crippen LogP contribution in [0.2, 0.25) is 0 Å². The third-order valence-electron chi connectivity index (χ3n) is 3.17. The molecule has 11 heteroatoms. The Bertz CT molecular complexity index is 818. The maximum absolute atomic E-state index is 12.2. The minimum Gasteiger partial charge on any atom is -0.453 e. The molecule has 1 aromatic carbocycles. The standard InChI is InChI=1S/C15H16N4O7/c16-7-3-6-12(20)25-11-5-2-1-4-9(11)15(22)24-8-10-13(14(17)21)19(23)26-18-10/h1-2,4-5H,3,6-8,16H2,(H2,17,21). The largest absolute Gasteiger partial charge is 0.453 e. The van der Waals surface area contributed by atoms with E-state index >= 15 is 0 Å². The molecule has 0 spiro atoms. The minimum absolute atomic E-state index is 0.00804. The molecule has 0 unspecified atom stereocenters. The van der Waals surface area contributed by atoms with Crippen molar-refractivity contribution in [3.05, 3.63) is 46.4 Å². The normalized spacial score (nSPS) is 10.3. The van der Waals surface area contributed by atoms with Gasteiger partial charge in [0, 0.05) is 11.6 Å². The van der Waals surface area contributed by atoms with Crippen molar-refractivity contribution in [2.45, 2.75) is 19.4 Å². The van der Waals surface area contributed by atoms with Gasteiger partial charge in [-0.2, -0.15) is 0 Å². The summed E-state index contributed by atoms with van der Waals surface area (Å²) < 4.78 is 14.4. The number of hydrogen-bond donors (Lipinski definition) is 2. The predicted molar refractivity (Wildman–Crippen MR) is 83.5 cm³/mol. The number of carbonyl (C=O) groups is 3. The molecule has 2 aromatic rings. The van der Waals surface area contributed by atoms with E-state index in [0.29, 0.717) is 13.0 Å². The average Bonchev–Trinajstić information content (AvgIpc) is 2.99. The Kier molecular flexibility index (Phi) is 6.22. The van der Waals surface area contributed by atoms with Crippen molar-refractivity contribution in [1.82, 2.24) is 5.16 Å². The lowest BCUT2D eigenvalue weighted by Gasteiger charge is -2.09. The van der Waals surface area contributed by atoms with Crippen molar-refractivity contribution in [2.24, 2.45) is 11.5 Å². The molecule has 2 rings (SSSR count). The van der Waals surface area contributed by atoms with Gasteiger partial charge in [0.05, 0.1) is 0 Å². The van der Waals surface area contributed by atoms with Crippen LogP contribution in [0.15, 0.2) is 28.9 Å². The lowest BCUT2D eigenvalue weighted by molar-refractivity contribution is -0.803. The second kappa shape index (κ2) is 8.58. The van der Waals surface area contributed by atoms with Crippen LogP contribution >= 0.6 is 0 Å². The van der Waals surface area contributed by atoms with Crippen molar-refractivity contribution in [3.63, 3.8) is 0 Å². The van der Waals surface area contributed by atoms with E-state index in [0.717, 1.165) is 0 Å². The molecule has 0 fully saturated rings. The topological polar surface area (TPSA) is 175 Å². The molecule has 0 aliphatic carbocycles. The van der Waals surface area contributed by atoms with Crippen LogP contribution in [0.1, 0.15) is 39.4 Å². The van der Waals surface area contributed by atoms with Gasteiger partial charge in [-0.15, -0.1) is 0 Å². The first kappa shape index (κ1) is 18.9. The Morgan fingerprint density at radius 2 is 2.00 bits per heavy atom. The Balaban J connectivity index is 2.08. The molecule has 0 aliphatic heterocycles. The van der Waals surface area contributed by atoms with Gasteiger partial charge >= 0.3 is 11.9 Å². The highest BCUT2D eigenvalue weighted by atomic mass is 16.8. The number of esters is 2. The fourth-order valence-electron chi connectivity index (χ4n) is 1.96. The maximum Gasteiger partial charge on any atom is 0.342 e. The van der Waals surface area contributed by atoms with Crippen molar-refractivity contribution in [2.75, 3.05) is 6.54 Å². The molecule has 0 radical (unpaired) electrons. The van der Waals surface area contributed by atoms with Crippen LogP contribution in [0, 0.1) is 5.21 Å². The number of primary amides is 1. The van der Waals surface area contributed by atoms with Gasteiger partial charge in [0.15, 0.2) is 6.61 Å². The SMILES string of the molecule is NCCCC(=O)Oc1ccccc1C(=O)OCc1no[n+]([O-])c1C(N)=O. The summed E-state index contributed by atoms with van der Waals surface area (Å²) in [6.07, 6.45) is 0.549. The summed E-state index contributed by atoms with van der Waals surface area (Å²) in [4.78, 5) is 34.9. The minimum atomic E-state index is -1.08. The molecule has 4 N–H and O–H groups in total. The number of nitrogens with two attached hydrogens (primary N) is 2. The van der Waals surface area contributed by atoms with Gasteiger partial charge in [-0.05, 0) is 30.0 Å². The molecule has 1 aromatic heterocycles. The monoisotopic (exact) mass is 364 g/mol. The number of hydrogen-bond acceptors (Lipinski definition) is 9. The summed E-state index contributed by atoms with van der Waals surface area (Å²) in [6, 6.07) is 5.93. The zero-order valence-corrected chi connectivity index (χ0v) is 13.5. The third kappa shape index (κ3) is 4.54. The van der Waals surface area contributed by atoms with Crippen LogP contribution in [0.4, 0.5) is 0 Å². The highest BCUT2D eigenvalue weighted by Gasteiger charge is 2.26. The van der Waals surface area contributed by atoms with Gasteiger partial charge in [0.25, 0.3) is 17.3 Å². The average molecular weight is 364 g/mol. The van der Waals surface area contributed by atoms with Gasteiger partial charge in [-0.3, -0.25) is 14.2 Å². The van der Waals surface area contributed by atoms with E-state index in [1.165, 1.54) is 12.1 Å². The summed E-state index contributed by atoms with van der Waals surface area (Å²) in [5.41, 5.74) is 9.53. The van der Waals surface area contributed by atoms with Crippen LogP contribution in [-0.4, -0.2) is 29.5 Å². The van der Waals surface area contributed by atoms with E-state index in [2.05, 4.69) is 9.79 Å². The van der Waals surface area contributed by atoms with Gasteiger partial charge in [0.1, 0.15) is 11.3 Å². The first-order valence-corrected chi connectivity index (χ1v) is 7.49. The molecule has 0 saturated carbocycles. The second-order valence-corrected chi connectivity index (χ2v) is 5.03. The fourth-order valence-corrected chi connectivity index (χ4v) is 1.96. The number of aromatic nitrogens is 2. The molecule has 26 heavy (non-hydrogen) atoms. The van der Waals surface area contributed by atoms with Crippen LogP contribution in [-0.2, 0) is 16.1 Å². The second-order valence-electron chi connectivity index (χ2n) is 5.03.